The van der Waals surface area contributed by atoms with Gasteiger partial charge in [-0.05, 0) is 50.2 Å². The maximum absolute atomic E-state index is 11.9. The predicted molar refractivity (Wildman–Crippen MR) is 87.0 cm³/mol. The Morgan fingerprint density at radius 2 is 2.00 bits per heavy atom. The normalized spacial score (nSPS) is 22.0. The molecule has 0 spiro atoms. The maximum atomic E-state index is 11.9. The van der Waals surface area contributed by atoms with Crippen molar-refractivity contribution < 1.29 is 9.90 Å². The zero-order valence-corrected chi connectivity index (χ0v) is 14.0. The number of para-hydroxylation sites is 1. The fourth-order valence-electron chi connectivity index (χ4n) is 3.88. The second-order valence-electron chi connectivity index (χ2n) is 7.33. The summed E-state index contributed by atoms with van der Waals surface area (Å²) in [7, 11) is 0. The van der Waals surface area contributed by atoms with E-state index in [1.165, 1.54) is 11.1 Å². The van der Waals surface area contributed by atoms with Crippen molar-refractivity contribution in [2.75, 3.05) is 4.90 Å². The molecule has 3 heteroatoms. The molecular weight excluding hydrogens is 262 g/mol. The molecule has 0 bridgehead atoms. The van der Waals surface area contributed by atoms with Crippen molar-refractivity contribution in [3.05, 3.63) is 29.3 Å². The molecule has 0 aliphatic carbocycles. The average Bonchev–Trinajstić information content (AvgIpc) is 2.33. The summed E-state index contributed by atoms with van der Waals surface area (Å²) in [4.78, 5) is 14.0. The van der Waals surface area contributed by atoms with Gasteiger partial charge in [-0.25, -0.2) is 4.79 Å². The van der Waals surface area contributed by atoms with Gasteiger partial charge in [0.15, 0.2) is 0 Å². The lowest BCUT2D eigenvalue weighted by Crippen LogP contribution is -2.58. The Kier molecular flexibility index (Phi) is 4.05. The maximum Gasteiger partial charge on any atom is 0.326 e. The van der Waals surface area contributed by atoms with E-state index in [1.807, 2.05) is 13.8 Å². The van der Waals surface area contributed by atoms with Gasteiger partial charge in [0.25, 0.3) is 0 Å². The zero-order chi connectivity index (χ0) is 15.9. The van der Waals surface area contributed by atoms with E-state index < -0.39 is 12.0 Å². The topological polar surface area (TPSA) is 40.5 Å². The van der Waals surface area contributed by atoms with Crippen molar-refractivity contribution in [3.63, 3.8) is 0 Å². The van der Waals surface area contributed by atoms with Crippen LogP contribution in [0.25, 0.3) is 0 Å². The van der Waals surface area contributed by atoms with Crippen molar-refractivity contribution in [1.82, 2.24) is 0 Å². The molecule has 1 aromatic carbocycles. The Labute approximate surface area is 128 Å². The van der Waals surface area contributed by atoms with Crippen LogP contribution in [0.4, 0.5) is 5.69 Å². The summed E-state index contributed by atoms with van der Waals surface area (Å²) in [6, 6.07) is 5.81. The Morgan fingerprint density at radius 3 is 2.52 bits per heavy atom. The molecule has 2 rings (SSSR count). The quantitative estimate of drug-likeness (QED) is 0.906. The molecular formula is C18H27NO2. The highest BCUT2D eigenvalue weighted by Gasteiger charge is 2.44. The first kappa shape index (κ1) is 15.9. The van der Waals surface area contributed by atoms with E-state index in [-0.39, 0.29) is 11.5 Å². The second kappa shape index (κ2) is 5.36. The third kappa shape index (κ3) is 2.66. The molecule has 3 nitrogen and oxygen atoms in total. The minimum Gasteiger partial charge on any atom is -0.480 e. The summed E-state index contributed by atoms with van der Waals surface area (Å²) in [6.45, 7) is 12.6. The number of carboxylic acids is 1. The molecule has 116 valence electrons. The number of aliphatic carboxylic acids is 1. The van der Waals surface area contributed by atoms with Crippen LogP contribution in [0.15, 0.2) is 18.2 Å². The number of fused-ring (bicyclic) bond motifs is 1. The molecule has 0 unspecified atom stereocenters. The van der Waals surface area contributed by atoms with Crippen LogP contribution >= 0.6 is 0 Å². The number of hydrogen-bond donors (Lipinski definition) is 1. The molecule has 0 saturated carbocycles. The van der Waals surface area contributed by atoms with Gasteiger partial charge in [0.2, 0.25) is 0 Å². The highest BCUT2D eigenvalue weighted by molar-refractivity contribution is 5.81. The van der Waals surface area contributed by atoms with Crippen molar-refractivity contribution in [3.8, 4) is 0 Å². The lowest BCUT2D eigenvalue weighted by molar-refractivity contribution is -0.140. The molecule has 1 aromatic rings. The van der Waals surface area contributed by atoms with Gasteiger partial charge in [0, 0.05) is 11.2 Å². The smallest absolute Gasteiger partial charge is 0.326 e. The third-order valence-electron chi connectivity index (χ3n) is 4.66. The van der Waals surface area contributed by atoms with Crippen LogP contribution < -0.4 is 4.90 Å². The van der Waals surface area contributed by atoms with E-state index in [0.717, 1.165) is 12.1 Å². The molecule has 0 radical (unpaired) electrons. The summed E-state index contributed by atoms with van der Waals surface area (Å²) in [5.74, 6) is -0.225. The van der Waals surface area contributed by atoms with E-state index in [1.54, 1.807) is 0 Å². The lowest BCUT2D eigenvalue weighted by atomic mass is 9.77. The Balaban J connectivity index is 2.68. The van der Waals surface area contributed by atoms with E-state index >= 15 is 0 Å². The summed E-state index contributed by atoms with van der Waals surface area (Å²) >= 11 is 0. The first-order chi connectivity index (χ1) is 9.66. The lowest BCUT2D eigenvalue weighted by Gasteiger charge is -2.51. The first-order valence-electron chi connectivity index (χ1n) is 7.78. The summed E-state index contributed by atoms with van der Waals surface area (Å²) in [5, 5.41) is 9.77. The van der Waals surface area contributed by atoms with Crippen LogP contribution in [-0.4, -0.2) is 22.7 Å². The van der Waals surface area contributed by atoms with Crippen LogP contribution in [-0.2, 0) is 4.79 Å². The summed E-state index contributed by atoms with van der Waals surface area (Å²) in [5.41, 5.74) is 3.41. The van der Waals surface area contributed by atoms with Gasteiger partial charge < -0.3 is 10.0 Å². The molecule has 1 N–H and O–H groups in total. The summed E-state index contributed by atoms with van der Waals surface area (Å²) < 4.78 is 0. The number of hydrogen-bond acceptors (Lipinski definition) is 2. The Hall–Kier alpha value is -1.51. The summed E-state index contributed by atoms with van der Waals surface area (Å²) in [6.07, 6.45) is 0.972. The van der Waals surface area contributed by atoms with Gasteiger partial charge in [-0.1, -0.05) is 39.0 Å². The van der Waals surface area contributed by atoms with Crippen molar-refractivity contribution in [2.45, 2.75) is 65.5 Å². The fourth-order valence-corrected chi connectivity index (χ4v) is 3.88. The number of anilines is 1. The number of rotatable bonds is 3. The zero-order valence-electron chi connectivity index (χ0n) is 14.0. The first-order valence-corrected chi connectivity index (χ1v) is 7.78. The third-order valence-corrected chi connectivity index (χ3v) is 4.66. The molecule has 21 heavy (non-hydrogen) atoms. The van der Waals surface area contributed by atoms with Crippen molar-refractivity contribution in [1.29, 1.82) is 0 Å². The number of nitrogens with zero attached hydrogens (tertiary/aromatic N) is 1. The predicted octanol–water partition coefficient (Wildman–Crippen LogP) is 4.20. The van der Waals surface area contributed by atoms with Gasteiger partial charge in [-0.3, -0.25) is 0 Å². The minimum absolute atomic E-state index is 0.0580. The van der Waals surface area contributed by atoms with Gasteiger partial charge in [0.1, 0.15) is 6.04 Å². The van der Waals surface area contributed by atoms with Crippen molar-refractivity contribution in [2.24, 2.45) is 5.92 Å². The van der Waals surface area contributed by atoms with Gasteiger partial charge in [-0.15, -0.1) is 0 Å². The van der Waals surface area contributed by atoms with Gasteiger partial charge in [0.05, 0.1) is 0 Å². The van der Waals surface area contributed by atoms with Crippen LogP contribution in [0.1, 0.15) is 58.1 Å². The van der Waals surface area contributed by atoms with E-state index in [9.17, 15) is 9.90 Å². The number of benzene rings is 1. The van der Waals surface area contributed by atoms with Crippen LogP contribution in [0, 0.1) is 12.8 Å². The molecule has 0 saturated heterocycles. The Bertz CT molecular complexity index is 548. The molecule has 0 fully saturated rings. The fraction of sp³-hybridized carbons (Fsp3) is 0.611. The van der Waals surface area contributed by atoms with Crippen LogP contribution in [0.5, 0.6) is 0 Å². The second-order valence-corrected chi connectivity index (χ2v) is 7.33. The SMILES string of the molecule is Cc1cccc2c1N([C@@H](C(=O)O)C(C)C)C(C)(C)C[C@@H]2C. The van der Waals surface area contributed by atoms with Gasteiger partial charge >= 0.3 is 5.97 Å². The molecule has 1 aliphatic heterocycles. The van der Waals surface area contributed by atoms with E-state index in [4.69, 9.17) is 0 Å². The highest BCUT2D eigenvalue weighted by Crippen LogP contribution is 2.46. The van der Waals surface area contributed by atoms with E-state index in [2.05, 4.69) is 50.8 Å². The minimum atomic E-state index is -0.734. The van der Waals surface area contributed by atoms with Crippen LogP contribution in [0.3, 0.4) is 0 Å². The highest BCUT2D eigenvalue weighted by atomic mass is 16.4. The molecule has 1 heterocycles. The molecule has 0 aromatic heterocycles. The van der Waals surface area contributed by atoms with Crippen molar-refractivity contribution >= 4 is 11.7 Å². The monoisotopic (exact) mass is 289 g/mol. The largest absolute Gasteiger partial charge is 0.480 e. The average molecular weight is 289 g/mol. The number of aryl methyl sites for hydroxylation is 1. The van der Waals surface area contributed by atoms with Crippen LogP contribution in [0.2, 0.25) is 0 Å². The van der Waals surface area contributed by atoms with E-state index in [0.29, 0.717) is 5.92 Å². The molecule has 1 aliphatic rings. The molecule has 0 amide bonds. The standard InChI is InChI=1S/C18H27NO2/c1-11(2)15(17(20)21)19-16-12(3)8-7-9-14(16)13(4)10-18(19,5)6/h7-9,11,13,15H,10H2,1-6H3,(H,20,21)/t13-,15+/m0/s1. The molecule has 2 atom stereocenters. The Morgan fingerprint density at radius 1 is 1.38 bits per heavy atom. The number of carbonyl (C=O) groups is 1. The van der Waals surface area contributed by atoms with Gasteiger partial charge in [-0.2, -0.15) is 0 Å². The number of carboxylic acid groups (broad SMARTS) is 1.